The average Bonchev–Trinajstić information content (AvgIpc) is 2.56. The van der Waals surface area contributed by atoms with Gasteiger partial charge in [-0.15, -0.1) is 0 Å². The Morgan fingerprint density at radius 2 is 2.18 bits per heavy atom. The van der Waals surface area contributed by atoms with Crippen LogP contribution in [-0.2, 0) is 12.8 Å². The number of aromatic nitrogens is 2. The first-order chi connectivity index (χ1) is 7.72. The average molecular weight is 244 g/mol. The first-order valence-corrected chi connectivity index (χ1v) is 4.68. The van der Waals surface area contributed by atoms with E-state index in [1.807, 2.05) is 0 Å². The van der Waals surface area contributed by atoms with Gasteiger partial charge in [0.1, 0.15) is 0 Å². The number of nitrogens with zero attached hydrogens (tertiary/aromatic N) is 3. The number of amides is 1. The zero-order valence-corrected chi connectivity index (χ0v) is 9.25. The summed E-state index contributed by atoms with van der Waals surface area (Å²) in [7, 11) is 1.25. The number of hydrogen-bond acceptors (Lipinski definition) is 6. The van der Waals surface area contributed by atoms with Crippen LogP contribution in [0.25, 0.3) is 0 Å². The molecule has 0 aliphatic heterocycles. The van der Waals surface area contributed by atoms with Crippen molar-refractivity contribution >= 4 is 11.6 Å². The van der Waals surface area contributed by atoms with Gasteiger partial charge in [-0.05, 0) is 0 Å². The van der Waals surface area contributed by atoms with Crippen LogP contribution < -0.4 is 5.73 Å². The molecule has 1 heterocycles. The molecule has 0 spiro atoms. The quantitative estimate of drug-likeness (QED) is 0.351. The van der Waals surface area contributed by atoms with E-state index in [4.69, 9.17) is 5.73 Å². The molecule has 0 saturated heterocycles. The predicted molar refractivity (Wildman–Crippen MR) is 54.8 cm³/mol. The van der Waals surface area contributed by atoms with Crippen molar-refractivity contribution in [1.82, 2.24) is 9.78 Å². The Hall–Kier alpha value is -2.00. The van der Waals surface area contributed by atoms with Gasteiger partial charge in [0.2, 0.25) is 11.5 Å². The van der Waals surface area contributed by atoms with Crippen LogP contribution in [0.15, 0.2) is 0 Å². The third kappa shape index (κ3) is 2.10. The Bertz CT molecular complexity index is 479. The lowest BCUT2D eigenvalue weighted by molar-refractivity contribution is -0.388. The van der Waals surface area contributed by atoms with Crippen LogP contribution in [0, 0.1) is 10.1 Å². The minimum atomic E-state index is -2.48. The SMILES string of the molecule is CCC(O)(O)c1nn(C)c(C(N)=O)c1[N+](=O)[O-]. The lowest BCUT2D eigenvalue weighted by Gasteiger charge is -2.15. The van der Waals surface area contributed by atoms with Crippen LogP contribution in [0.2, 0.25) is 0 Å². The molecule has 9 nitrogen and oxygen atoms in total. The standard InChI is InChI=1S/C8H12N4O5/c1-3-8(14,15)6-4(12(16)17)5(7(9)13)11(2)10-6/h14-15H,3H2,1-2H3,(H2,9,13). The van der Waals surface area contributed by atoms with Crippen LogP contribution in [0.3, 0.4) is 0 Å². The third-order valence-corrected chi connectivity index (χ3v) is 2.31. The molecule has 0 bridgehead atoms. The molecule has 0 fully saturated rings. The van der Waals surface area contributed by atoms with Crippen molar-refractivity contribution in [2.45, 2.75) is 19.1 Å². The van der Waals surface area contributed by atoms with E-state index in [9.17, 15) is 25.1 Å². The van der Waals surface area contributed by atoms with E-state index in [1.165, 1.54) is 14.0 Å². The number of hydrogen-bond donors (Lipinski definition) is 3. The van der Waals surface area contributed by atoms with Gasteiger partial charge in [0, 0.05) is 13.5 Å². The van der Waals surface area contributed by atoms with Crippen molar-refractivity contribution in [1.29, 1.82) is 0 Å². The molecule has 0 saturated carbocycles. The minimum Gasteiger partial charge on any atom is -0.364 e. The number of aryl methyl sites for hydroxylation is 1. The second kappa shape index (κ2) is 4.11. The Kier molecular flexibility index (Phi) is 3.16. The lowest BCUT2D eigenvalue weighted by Crippen LogP contribution is -2.25. The number of nitrogens with two attached hydrogens (primary N) is 1. The summed E-state index contributed by atoms with van der Waals surface area (Å²) in [4.78, 5) is 21.0. The first-order valence-electron chi connectivity index (χ1n) is 4.68. The molecule has 0 aromatic carbocycles. The summed E-state index contributed by atoms with van der Waals surface area (Å²) < 4.78 is 0.854. The van der Waals surface area contributed by atoms with Crippen LogP contribution in [0.5, 0.6) is 0 Å². The van der Waals surface area contributed by atoms with Crippen LogP contribution >= 0.6 is 0 Å². The molecule has 1 amide bonds. The molecule has 1 aromatic heterocycles. The highest BCUT2D eigenvalue weighted by Gasteiger charge is 2.40. The van der Waals surface area contributed by atoms with Crippen molar-refractivity contribution in [3.63, 3.8) is 0 Å². The summed E-state index contributed by atoms with van der Waals surface area (Å²) in [5, 5.41) is 33.5. The lowest BCUT2D eigenvalue weighted by atomic mass is 10.1. The number of rotatable bonds is 4. The molecule has 0 unspecified atom stereocenters. The molecule has 1 aromatic rings. The van der Waals surface area contributed by atoms with Crippen molar-refractivity contribution in [3.05, 3.63) is 21.5 Å². The largest absolute Gasteiger partial charge is 0.364 e. The van der Waals surface area contributed by atoms with Crippen LogP contribution in [-0.4, -0.2) is 30.8 Å². The van der Waals surface area contributed by atoms with Crippen molar-refractivity contribution < 1.29 is 19.9 Å². The van der Waals surface area contributed by atoms with Gasteiger partial charge in [-0.1, -0.05) is 6.92 Å². The molecule has 94 valence electrons. The highest BCUT2D eigenvalue weighted by molar-refractivity contribution is 5.95. The topological polar surface area (TPSA) is 145 Å². The fourth-order valence-electron chi connectivity index (χ4n) is 1.40. The van der Waals surface area contributed by atoms with Crippen molar-refractivity contribution in [2.24, 2.45) is 12.8 Å². The van der Waals surface area contributed by atoms with E-state index < -0.39 is 33.7 Å². The smallest absolute Gasteiger partial charge is 0.328 e. The fourth-order valence-corrected chi connectivity index (χ4v) is 1.40. The molecule has 0 radical (unpaired) electrons. The zero-order valence-electron chi connectivity index (χ0n) is 9.25. The first kappa shape index (κ1) is 13.1. The summed E-state index contributed by atoms with van der Waals surface area (Å²) >= 11 is 0. The molecule has 17 heavy (non-hydrogen) atoms. The Labute approximate surface area is 95.6 Å². The summed E-state index contributed by atoms with van der Waals surface area (Å²) in [5.41, 5.74) is 3.12. The van der Waals surface area contributed by atoms with E-state index in [1.54, 1.807) is 0 Å². The van der Waals surface area contributed by atoms with Gasteiger partial charge < -0.3 is 15.9 Å². The van der Waals surface area contributed by atoms with Gasteiger partial charge >= 0.3 is 5.69 Å². The maximum Gasteiger partial charge on any atom is 0.328 e. The van der Waals surface area contributed by atoms with E-state index in [2.05, 4.69) is 5.10 Å². The maximum absolute atomic E-state index is 11.1. The van der Waals surface area contributed by atoms with Crippen LogP contribution in [0.1, 0.15) is 29.5 Å². The molecule has 9 heteroatoms. The van der Waals surface area contributed by atoms with E-state index >= 15 is 0 Å². The zero-order chi connectivity index (χ0) is 13.4. The fraction of sp³-hybridized carbons (Fsp3) is 0.500. The minimum absolute atomic E-state index is 0.219. The summed E-state index contributed by atoms with van der Waals surface area (Å²) in [5.74, 6) is -3.54. The Morgan fingerprint density at radius 1 is 1.65 bits per heavy atom. The molecule has 4 N–H and O–H groups in total. The van der Waals surface area contributed by atoms with Gasteiger partial charge in [0.25, 0.3) is 5.91 Å². The molecular weight excluding hydrogens is 232 g/mol. The van der Waals surface area contributed by atoms with Crippen molar-refractivity contribution in [3.8, 4) is 0 Å². The molecule has 0 aliphatic carbocycles. The second-order valence-electron chi connectivity index (χ2n) is 3.46. The number of aliphatic hydroxyl groups is 2. The van der Waals surface area contributed by atoms with E-state index in [-0.39, 0.29) is 6.42 Å². The van der Waals surface area contributed by atoms with Gasteiger partial charge in [-0.3, -0.25) is 19.6 Å². The molecule has 0 atom stereocenters. The predicted octanol–water partition coefficient (Wildman–Crippen LogP) is -1.03. The number of carbonyl (C=O) groups excluding carboxylic acids is 1. The summed E-state index contributed by atoms with van der Waals surface area (Å²) in [6, 6.07) is 0. The second-order valence-corrected chi connectivity index (χ2v) is 3.46. The Balaban J connectivity index is 3.59. The molecule has 0 aliphatic rings. The van der Waals surface area contributed by atoms with Gasteiger partial charge in [0.05, 0.1) is 4.92 Å². The summed E-state index contributed by atoms with van der Waals surface area (Å²) in [6.45, 7) is 1.41. The number of carbonyl (C=O) groups is 1. The van der Waals surface area contributed by atoms with Gasteiger partial charge in [-0.2, -0.15) is 5.10 Å². The highest BCUT2D eigenvalue weighted by Crippen LogP contribution is 2.31. The van der Waals surface area contributed by atoms with E-state index in [0.29, 0.717) is 0 Å². The van der Waals surface area contributed by atoms with Crippen LogP contribution in [0.4, 0.5) is 5.69 Å². The Morgan fingerprint density at radius 3 is 2.53 bits per heavy atom. The number of primary amides is 1. The summed E-state index contributed by atoms with van der Waals surface area (Å²) in [6.07, 6.45) is -0.219. The van der Waals surface area contributed by atoms with Crippen molar-refractivity contribution in [2.75, 3.05) is 0 Å². The number of nitro groups is 1. The monoisotopic (exact) mass is 244 g/mol. The van der Waals surface area contributed by atoms with Gasteiger partial charge in [0.15, 0.2) is 5.69 Å². The third-order valence-electron chi connectivity index (χ3n) is 2.31. The highest BCUT2D eigenvalue weighted by atomic mass is 16.6. The van der Waals surface area contributed by atoms with E-state index in [0.717, 1.165) is 4.68 Å². The maximum atomic E-state index is 11.1. The molecule has 1 rings (SSSR count). The molecular formula is C8H12N4O5. The van der Waals surface area contributed by atoms with Gasteiger partial charge in [-0.25, -0.2) is 0 Å². The normalized spacial score (nSPS) is 11.5.